The zero-order chi connectivity index (χ0) is 14.0. The van der Waals surface area contributed by atoms with Gasteiger partial charge in [-0.1, -0.05) is 33.6 Å². The van der Waals surface area contributed by atoms with Gasteiger partial charge in [-0.05, 0) is 42.8 Å². The van der Waals surface area contributed by atoms with Crippen LogP contribution in [0.25, 0.3) is 0 Å². The predicted molar refractivity (Wildman–Crippen MR) is 77.5 cm³/mol. The van der Waals surface area contributed by atoms with Crippen molar-refractivity contribution in [3.05, 3.63) is 63.1 Å². The van der Waals surface area contributed by atoms with E-state index in [9.17, 15) is 8.78 Å². The summed E-state index contributed by atoms with van der Waals surface area (Å²) in [5.41, 5.74) is 1.50. The largest absolute Gasteiger partial charge is 0.378 e. The van der Waals surface area contributed by atoms with E-state index < -0.39 is 5.82 Å². The van der Waals surface area contributed by atoms with E-state index in [1.807, 2.05) is 6.92 Å². The first-order chi connectivity index (χ1) is 8.97. The molecule has 2 aromatic carbocycles. The summed E-state index contributed by atoms with van der Waals surface area (Å²) in [5, 5.41) is 3.22. The van der Waals surface area contributed by atoms with E-state index in [-0.39, 0.29) is 16.9 Å². The molecule has 0 aliphatic heterocycles. The van der Waals surface area contributed by atoms with E-state index >= 15 is 0 Å². The fraction of sp³-hybridized carbons (Fsp3) is 0.143. The zero-order valence-corrected chi connectivity index (χ0v) is 12.4. The number of halogens is 4. The summed E-state index contributed by atoms with van der Waals surface area (Å²) >= 11 is 8.94. The molecule has 0 bridgehead atoms. The Morgan fingerprint density at radius 3 is 2.53 bits per heavy atom. The van der Waals surface area contributed by atoms with Gasteiger partial charge in [0.1, 0.15) is 11.6 Å². The van der Waals surface area contributed by atoms with Crippen molar-refractivity contribution < 1.29 is 8.78 Å². The molecule has 2 aromatic rings. The van der Waals surface area contributed by atoms with Crippen molar-refractivity contribution in [3.8, 4) is 0 Å². The van der Waals surface area contributed by atoms with Gasteiger partial charge in [-0.2, -0.15) is 0 Å². The Balaban J connectivity index is 2.20. The Morgan fingerprint density at radius 1 is 1.16 bits per heavy atom. The van der Waals surface area contributed by atoms with Gasteiger partial charge in [-0.3, -0.25) is 0 Å². The van der Waals surface area contributed by atoms with E-state index in [0.717, 1.165) is 5.56 Å². The number of anilines is 1. The lowest BCUT2D eigenvalue weighted by atomic mass is 10.1. The maximum absolute atomic E-state index is 13.3. The SMILES string of the molecule is CC(Nc1ccc(Cl)c(F)c1)c1ccc(F)cc1Br. The highest BCUT2D eigenvalue weighted by Crippen LogP contribution is 2.28. The second-order valence-corrected chi connectivity index (χ2v) is 5.42. The Kier molecular flexibility index (Phi) is 4.42. The lowest BCUT2D eigenvalue weighted by Gasteiger charge is -2.17. The van der Waals surface area contributed by atoms with Crippen molar-refractivity contribution in [1.29, 1.82) is 0 Å². The van der Waals surface area contributed by atoms with E-state index in [4.69, 9.17) is 11.6 Å². The average molecular weight is 347 g/mol. The maximum atomic E-state index is 13.3. The highest BCUT2D eigenvalue weighted by atomic mass is 79.9. The summed E-state index contributed by atoms with van der Waals surface area (Å²) in [7, 11) is 0. The molecular weight excluding hydrogens is 336 g/mol. The van der Waals surface area contributed by atoms with E-state index in [2.05, 4.69) is 21.2 Å². The fourth-order valence-electron chi connectivity index (χ4n) is 1.77. The maximum Gasteiger partial charge on any atom is 0.143 e. The first-order valence-electron chi connectivity index (χ1n) is 5.64. The number of hydrogen-bond donors (Lipinski definition) is 1. The van der Waals surface area contributed by atoms with Crippen molar-refractivity contribution in [3.63, 3.8) is 0 Å². The molecule has 0 fully saturated rings. The summed E-state index contributed by atoms with van der Waals surface area (Å²) in [5.74, 6) is -0.780. The minimum absolute atomic E-state index is 0.0844. The van der Waals surface area contributed by atoms with Gasteiger partial charge in [-0.25, -0.2) is 8.78 Å². The van der Waals surface area contributed by atoms with E-state index in [1.54, 1.807) is 12.1 Å². The van der Waals surface area contributed by atoms with Gasteiger partial charge in [0.05, 0.1) is 5.02 Å². The summed E-state index contributed by atoms with van der Waals surface area (Å²) in [6.07, 6.45) is 0. The molecule has 19 heavy (non-hydrogen) atoms. The van der Waals surface area contributed by atoms with Crippen LogP contribution in [0.3, 0.4) is 0 Å². The van der Waals surface area contributed by atoms with Crippen molar-refractivity contribution in [1.82, 2.24) is 0 Å². The average Bonchev–Trinajstić information content (AvgIpc) is 2.33. The number of benzene rings is 2. The third-order valence-corrected chi connectivity index (χ3v) is 3.73. The third-order valence-electron chi connectivity index (χ3n) is 2.73. The number of hydrogen-bond acceptors (Lipinski definition) is 1. The standard InChI is InChI=1S/C14H11BrClF2N/c1-8(11-4-2-9(17)6-12(11)15)19-10-3-5-13(16)14(18)7-10/h2-8,19H,1H3. The van der Waals surface area contributed by atoms with Crippen molar-refractivity contribution >= 4 is 33.2 Å². The Hall–Kier alpha value is -1.13. The van der Waals surface area contributed by atoms with E-state index in [0.29, 0.717) is 10.2 Å². The molecule has 1 N–H and O–H groups in total. The molecule has 1 atom stereocenters. The third kappa shape index (κ3) is 3.45. The van der Waals surface area contributed by atoms with Crippen LogP contribution in [0.5, 0.6) is 0 Å². The molecule has 5 heteroatoms. The molecule has 0 aliphatic carbocycles. The molecule has 0 amide bonds. The van der Waals surface area contributed by atoms with Gasteiger partial charge in [-0.15, -0.1) is 0 Å². The molecule has 1 unspecified atom stereocenters. The molecule has 0 saturated carbocycles. The number of rotatable bonds is 3. The summed E-state index contributed by atoms with van der Waals surface area (Å²) in [6.45, 7) is 1.91. The van der Waals surface area contributed by atoms with E-state index in [1.165, 1.54) is 24.3 Å². The molecule has 100 valence electrons. The monoisotopic (exact) mass is 345 g/mol. The Labute approximate surface area is 123 Å². The normalized spacial score (nSPS) is 12.3. The van der Waals surface area contributed by atoms with Crippen LogP contribution in [0.15, 0.2) is 40.9 Å². The topological polar surface area (TPSA) is 12.0 Å². The second kappa shape index (κ2) is 5.88. The van der Waals surface area contributed by atoms with Crippen LogP contribution < -0.4 is 5.32 Å². The minimum atomic E-state index is -0.475. The van der Waals surface area contributed by atoms with Gasteiger partial charge < -0.3 is 5.32 Å². The zero-order valence-electron chi connectivity index (χ0n) is 10.1. The van der Waals surface area contributed by atoms with Crippen LogP contribution in [0, 0.1) is 11.6 Å². The summed E-state index contributed by atoms with van der Waals surface area (Å²) in [6, 6.07) is 8.89. The lowest BCUT2D eigenvalue weighted by Crippen LogP contribution is -2.07. The van der Waals surface area contributed by atoms with Crippen LogP contribution >= 0.6 is 27.5 Å². The molecule has 0 heterocycles. The van der Waals surface area contributed by atoms with Gasteiger partial charge >= 0.3 is 0 Å². The molecule has 0 radical (unpaired) electrons. The Morgan fingerprint density at radius 2 is 1.89 bits per heavy atom. The first-order valence-corrected chi connectivity index (χ1v) is 6.81. The van der Waals surface area contributed by atoms with Crippen LogP contribution in [-0.2, 0) is 0 Å². The van der Waals surface area contributed by atoms with Crippen LogP contribution in [-0.4, -0.2) is 0 Å². The highest BCUT2D eigenvalue weighted by Gasteiger charge is 2.11. The minimum Gasteiger partial charge on any atom is -0.378 e. The van der Waals surface area contributed by atoms with Gasteiger partial charge in [0.2, 0.25) is 0 Å². The van der Waals surface area contributed by atoms with Crippen LogP contribution in [0.1, 0.15) is 18.5 Å². The van der Waals surface area contributed by atoms with Gasteiger partial charge in [0, 0.05) is 16.2 Å². The summed E-state index contributed by atoms with van der Waals surface area (Å²) in [4.78, 5) is 0. The second-order valence-electron chi connectivity index (χ2n) is 4.16. The fourth-order valence-corrected chi connectivity index (χ4v) is 2.58. The van der Waals surface area contributed by atoms with Crippen molar-refractivity contribution in [2.45, 2.75) is 13.0 Å². The lowest BCUT2D eigenvalue weighted by molar-refractivity contribution is 0.625. The van der Waals surface area contributed by atoms with Crippen molar-refractivity contribution in [2.75, 3.05) is 5.32 Å². The number of nitrogens with one attached hydrogen (secondary N) is 1. The van der Waals surface area contributed by atoms with Crippen LogP contribution in [0.4, 0.5) is 14.5 Å². The summed E-state index contributed by atoms with van der Waals surface area (Å²) < 4.78 is 27.0. The predicted octanol–water partition coefficient (Wildman–Crippen LogP) is 5.55. The molecule has 1 nitrogen and oxygen atoms in total. The molecule has 0 aromatic heterocycles. The quantitative estimate of drug-likeness (QED) is 0.768. The molecule has 0 aliphatic rings. The van der Waals surface area contributed by atoms with Crippen LogP contribution in [0.2, 0.25) is 5.02 Å². The van der Waals surface area contributed by atoms with Gasteiger partial charge in [0.25, 0.3) is 0 Å². The first kappa shape index (κ1) is 14.3. The molecule has 0 spiro atoms. The highest BCUT2D eigenvalue weighted by molar-refractivity contribution is 9.10. The van der Waals surface area contributed by atoms with Crippen molar-refractivity contribution in [2.24, 2.45) is 0 Å². The smallest absolute Gasteiger partial charge is 0.143 e. The molecular formula is C14H11BrClF2N. The van der Waals surface area contributed by atoms with Gasteiger partial charge in [0.15, 0.2) is 0 Å². The Bertz CT molecular complexity index is 604. The molecule has 0 saturated heterocycles. The molecule has 2 rings (SSSR count).